The first kappa shape index (κ1) is 42.1. The predicted octanol–water partition coefficient (Wildman–Crippen LogP) is 17.8. The van der Waals surface area contributed by atoms with Crippen molar-refractivity contribution >= 4 is 70.6 Å². The van der Waals surface area contributed by atoms with E-state index in [2.05, 4.69) is 182 Å². The lowest BCUT2D eigenvalue weighted by Crippen LogP contribution is -2.27. The molecule has 328 valence electrons. The van der Waals surface area contributed by atoms with Gasteiger partial charge in [0.2, 0.25) is 0 Å². The van der Waals surface area contributed by atoms with Crippen LogP contribution in [0.5, 0.6) is 0 Å². The number of carbonyl (C=O) groups is 1. The summed E-state index contributed by atoms with van der Waals surface area (Å²) in [7, 11) is 0. The van der Waals surface area contributed by atoms with E-state index in [0.717, 1.165) is 32.1 Å². The molecule has 0 N–H and O–H groups in total. The lowest BCUT2D eigenvalue weighted by molar-refractivity contribution is -0.141. The monoisotopic (exact) mass is 860 g/mol. The van der Waals surface area contributed by atoms with Gasteiger partial charge in [-0.15, -0.1) is 0 Å². The van der Waals surface area contributed by atoms with E-state index < -0.39 is 5.41 Å². The molecule has 10 aromatic rings. The molecule has 0 atom stereocenters. The highest BCUT2D eigenvalue weighted by Crippen LogP contribution is 2.58. The minimum absolute atomic E-state index is 0.0639. The third-order valence-electron chi connectivity index (χ3n) is 15.3. The first-order valence-electron chi connectivity index (χ1n) is 24.2. The summed E-state index contributed by atoms with van der Waals surface area (Å²) in [5, 5.41) is 15.8. The van der Waals surface area contributed by atoms with Gasteiger partial charge in [0, 0.05) is 12.3 Å². The van der Waals surface area contributed by atoms with E-state index in [1.54, 1.807) is 0 Å². The molecular formula is C64H60O2. The van der Waals surface area contributed by atoms with Crippen molar-refractivity contribution in [3.63, 3.8) is 0 Å². The smallest absolute Gasteiger partial charge is 0.302 e. The number of fused-ring (bicyclic) bond motifs is 3. The fourth-order valence-electron chi connectivity index (χ4n) is 11.8. The highest BCUT2D eigenvalue weighted by Gasteiger charge is 2.45. The van der Waals surface area contributed by atoms with Crippen LogP contribution in [0.4, 0.5) is 0 Å². The second-order valence-electron chi connectivity index (χ2n) is 21.4. The fourth-order valence-corrected chi connectivity index (χ4v) is 11.8. The molecular weight excluding hydrogens is 801 g/mol. The molecule has 1 aliphatic rings. The largest absolute Gasteiger partial charge is 0.466 e. The summed E-state index contributed by atoms with van der Waals surface area (Å²) in [6, 6.07) is 52.1. The Bertz CT molecular complexity index is 3330. The molecule has 2 heteroatoms. The zero-order valence-corrected chi connectivity index (χ0v) is 40.0. The van der Waals surface area contributed by atoms with Crippen LogP contribution < -0.4 is 0 Å². The number of allylic oxidation sites excluding steroid dienone is 1. The Labute approximate surface area is 390 Å². The van der Waals surface area contributed by atoms with Gasteiger partial charge in [-0.2, -0.15) is 0 Å². The van der Waals surface area contributed by atoms with E-state index in [1.807, 2.05) is 0 Å². The minimum Gasteiger partial charge on any atom is -0.466 e. The third kappa shape index (κ3) is 6.54. The van der Waals surface area contributed by atoms with Crippen LogP contribution in [0.2, 0.25) is 0 Å². The van der Waals surface area contributed by atoms with Gasteiger partial charge < -0.3 is 4.74 Å². The number of benzene rings is 10. The molecule has 11 rings (SSSR count). The van der Waals surface area contributed by atoms with Gasteiger partial charge in [0.1, 0.15) is 0 Å². The van der Waals surface area contributed by atoms with Gasteiger partial charge in [-0.05, 0) is 162 Å². The molecule has 0 saturated heterocycles. The second kappa shape index (κ2) is 15.3. The number of hydrogen-bond donors (Lipinski definition) is 0. The van der Waals surface area contributed by atoms with Crippen molar-refractivity contribution in [2.45, 2.75) is 104 Å². The van der Waals surface area contributed by atoms with Gasteiger partial charge >= 0.3 is 5.97 Å². The first-order valence-corrected chi connectivity index (χ1v) is 24.2. The first-order chi connectivity index (χ1) is 31.7. The SMILES string of the molecule is C=C(CC)C1(CCCCCOC(C)=O)c2cc(-c3ccc4ccc5cc(C(C)(C)C)cc6ccc3c4c56)ccc2-c2ccc(-c3ccc4ccc5cc(C(C)(C)C)cc6ccc3c4c56)cc21. The van der Waals surface area contributed by atoms with Crippen LogP contribution in [0.3, 0.4) is 0 Å². The maximum atomic E-state index is 11.7. The predicted molar refractivity (Wildman–Crippen MR) is 283 cm³/mol. The van der Waals surface area contributed by atoms with Crippen LogP contribution in [-0.4, -0.2) is 12.6 Å². The van der Waals surface area contributed by atoms with Crippen molar-refractivity contribution in [3.8, 4) is 33.4 Å². The van der Waals surface area contributed by atoms with Crippen molar-refractivity contribution in [2.75, 3.05) is 6.61 Å². The van der Waals surface area contributed by atoms with Gasteiger partial charge in [-0.1, -0.05) is 195 Å². The molecule has 2 nitrogen and oxygen atoms in total. The molecule has 0 bridgehead atoms. The Morgan fingerprint density at radius 3 is 1.33 bits per heavy atom. The summed E-state index contributed by atoms with van der Waals surface area (Å²) in [5.41, 5.74) is 14.0. The molecule has 0 aliphatic heterocycles. The van der Waals surface area contributed by atoms with Crippen LogP contribution in [0.1, 0.15) is 110 Å². The van der Waals surface area contributed by atoms with Crippen LogP contribution >= 0.6 is 0 Å². The van der Waals surface area contributed by atoms with E-state index in [9.17, 15) is 4.79 Å². The van der Waals surface area contributed by atoms with Crippen LogP contribution in [-0.2, 0) is 25.8 Å². The van der Waals surface area contributed by atoms with Crippen LogP contribution in [0.25, 0.3) is 98.0 Å². The third-order valence-corrected chi connectivity index (χ3v) is 15.3. The molecule has 0 heterocycles. The molecule has 1 aliphatic carbocycles. The summed E-state index contributed by atoms with van der Waals surface area (Å²) in [5.74, 6) is -0.215. The Morgan fingerprint density at radius 1 is 0.500 bits per heavy atom. The quantitative estimate of drug-likeness (QED) is 0.0593. The fraction of sp³-hybridized carbons (Fsp3) is 0.266. The number of unbranched alkanes of at least 4 members (excludes halogenated alkanes) is 2. The van der Waals surface area contributed by atoms with Crippen molar-refractivity contribution in [3.05, 3.63) is 168 Å². The highest BCUT2D eigenvalue weighted by molar-refractivity contribution is 6.27. The molecule has 10 aromatic carbocycles. The number of hydrogen-bond acceptors (Lipinski definition) is 2. The van der Waals surface area contributed by atoms with Gasteiger partial charge in [0.05, 0.1) is 6.61 Å². The Hall–Kier alpha value is -6.51. The molecule has 66 heavy (non-hydrogen) atoms. The van der Waals surface area contributed by atoms with Crippen molar-refractivity contribution in [1.29, 1.82) is 0 Å². The maximum absolute atomic E-state index is 11.7. The summed E-state index contributed by atoms with van der Waals surface area (Å²) >= 11 is 0. The minimum atomic E-state index is -0.396. The summed E-state index contributed by atoms with van der Waals surface area (Å²) < 4.78 is 5.39. The molecule has 0 amide bonds. The average molecular weight is 861 g/mol. The van der Waals surface area contributed by atoms with Gasteiger partial charge in [-0.25, -0.2) is 0 Å². The molecule has 0 spiro atoms. The molecule has 0 unspecified atom stereocenters. The van der Waals surface area contributed by atoms with Crippen molar-refractivity contribution in [1.82, 2.24) is 0 Å². The lowest BCUT2D eigenvalue weighted by Gasteiger charge is -2.35. The Kier molecular flexibility index (Phi) is 9.76. The summed E-state index contributed by atoms with van der Waals surface area (Å²) in [6.45, 7) is 23.0. The van der Waals surface area contributed by atoms with E-state index in [4.69, 9.17) is 11.3 Å². The topological polar surface area (TPSA) is 26.3 Å². The molecule has 0 radical (unpaired) electrons. The van der Waals surface area contributed by atoms with E-state index in [-0.39, 0.29) is 16.8 Å². The zero-order valence-electron chi connectivity index (χ0n) is 40.0. The Morgan fingerprint density at radius 2 is 0.909 bits per heavy atom. The van der Waals surface area contributed by atoms with Crippen LogP contribution in [0.15, 0.2) is 146 Å². The van der Waals surface area contributed by atoms with Crippen molar-refractivity contribution < 1.29 is 9.53 Å². The maximum Gasteiger partial charge on any atom is 0.302 e. The number of ether oxygens (including phenoxy) is 1. The van der Waals surface area contributed by atoms with Gasteiger partial charge in [-0.3, -0.25) is 4.79 Å². The normalized spacial score (nSPS) is 13.8. The standard InChI is InChI=1S/C64H60O2/c1-10-38(2)64(30-12-11-13-31-66-39(3)65)56-36-42(50-24-18-40-14-16-44-32-48(62(4,5)6)34-46-22-28-54(50)60(40)58(44)46)20-26-52(56)53-27-21-43(37-57(53)64)51-25-19-41-15-17-45-33-49(63(7,8)9)35-47-23-29-55(51)61(41)59(45)47/h14-29,32-37H,2,10-13,30-31H2,1,3-9H3. The lowest BCUT2D eigenvalue weighted by atomic mass is 9.67. The van der Waals surface area contributed by atoms with E-state index in [1.165, 1.54) is 133 Å². The number of carbonyl (C=O) groups excluding carboxylic acids is 1. The molecule has 0 fully saturated rings. The summed E-state index contributed by atoms with van der Waals surface area (Å²) in [4.78, 5) is 11.7. The van der Waals surface area contributed by atoms with Crippen LogP contribution in [0, 0.1) is 0 Å². The van der Waals surface area contributed by atoms with Crippen molar-refractivity contribution in [2.24, 2.45) is 0 Å². The average Bonchev–Trinajstić information content (AvgIpc) is 3.58. The van der Waals surface area contributed by atoms with E-state index >= 15 is 0 Å². The highest BCUT2D eigenvalue weighted by atomic mass is 16.5. The zero-order chi connectivity index (χ0) is 45.9. The Balaban J connectivity index is 1.08. The molecule has 0 aromatic heterocycles. The number of rotatable bonds is 10. The number of esters is 1. The van der Waals surface area contributed by atoms with Gasteiger partial charge in [0.15, 0.2) is 0 Å². The second-order valence-corrected chi connectivity index (χ2v) is 21.4. The molecule has 0 saturated carbocycles. The summed E-state index contributed by atoms with van der Waals surface area (Å²) in [6.07, 6.45) is 4.58. The van der Waals surface area contributed by atoms with Gasteiger partial charge in [0.25, 0.3) is 0 Å². The van der Waals surface area contributed by atoms with E-state index in [0.29, 0.717) is 6.61 Å².